The van der Waals surface area contributed by atoms with Crippen molar-refractivity contribution in [1.29, 1.82) is 0 Å². The molecule has 2 amide bonds. The molecule has 0 aromatic heterocycles. The molecule has 3 heterocycles. The van der Waals surface area contributed by atoms with Gasteiger partial charge in [0.25, 0.3) is 0 Å². The maximum Gasteiger partial charge on any atom is 0.353 e. The van der Waals surface area contributed by atoms with Crippen LogP contribution in [0.1, 0.15) is 38.3 Å². The van der Waals surface area contributed by atoms with Crippen molar-refractivity contribution in [2.45, 2.75) is 57.1 Å². The van der Waals surface area contributed by atoms with E-state index in [0.717, 1.165) is 12.0 Å². The molecule has 4 rings (SSSR count). The van der Waals surface area contributed by atoms with Gasteiger partial charge in [-0.15, -0.1) is 11.8 Å². The zero-order valence-electron chi connectivity index (χ0n) is 20.2. The Morgan fingerprint density at radius 1 is 1.31 bits per heavy atom. The molecule has 0 bridgehead atoms. The molecule has 3 aliphatic rings. The smallest absolute Gasteiger partial charge is 0.353 e. The highest BCUT2D eigenvalue weighted by Gasteiger charge is 2.60. The van der Waals surface area contributed by atoms with Crippen LogP contribution in [0.4, 0.5) is 0 Å². The van der Waals surface area contributed by atoms with Crippen LogP contribution >= 0.6 is 11.8 Å². The zero-order chi connectivity index (χ0) is 25.3. The molecule has 0 saturated carbocycles. The number of rotatable bonds is 9. The van der Waals surface area contributed by atoms with Crippen LogP contribution in [-0.2, 0) is 20.8 Å². The minimum Gasteiger partial charge on any atom is -0.477 e. The van der Waals surface area contributed by atoms with E-state index in [-0.39, 0.29) is 40.8 Å². The lowest BCUT2D eigenvalue weighted by Gasteiger charge is -2.46. The van der Waals surface area contributed by atoms with E-state index in [2.05, 4.69) is 41.8 Å². The third-order valence-electron chi connectivity index (χ3n) is 7.10. The first-order valence-electron chi connectivity index (χ1n) is 12.1. The molecule has 9 heteroatoms. The lowest BCUT2D eigenvalue weighted by molar-refractivity contribution is -0.163. The first kappa shape index (κ1) is 25.5. The number of fused-ring (bicyclic) bond motifs is 1. The van der Waals surface area contributed by atoms with Gasteiger partial charge in [-0.2, -0.15) is 0 Å². The van der Waals surface area contributed by atoms with Crippen LogP contribution in [0.5, 0.6) is 0 Å². The molecular formula is C26H33N3O5S. The number of aliphatic carboxylic acids is 1. The number of carboxylic acid groups (broad SMARTS) is 1. The van der Waals surface area contributed by atoms with E-state index >= 15 is 0 Å². The maximum atomic E-state index is 12.6. The Bertz CT molecular complexity index is 1050. The average molecular weight is 500 g/mol. The summed E-state index contributed by atoms with van der Waals surface area (Å²) >= 11 is 1.44. The fourth-order valence-corrected chi connectivity index (χ4v) is 6.67. The van der Waals surface area contributed by atoms with Crippen molar-refractivity contribution < 1.29 is 24.6 Å². The number of carboxylic acids is 1. The number of benzene rings is 1. The van der Waals surface area contributed by atoms with Crippen molar-refractivity contribution in [3.8, 4) is 0 Å². The molecule has 6 atom stereocenters. The van der Waals surface area contributed by atoms with Gasteiger partial charge in [-0.05, 0) is 30.9 Å². The highest BCUT2D eigenvalue weighted by molar-refractivity contribution is 8.03. The molecule has 1 unspecified atom stereocenters. The summed E-state index contributed by atoms with van der Waals surface area (Å²) < 4.78 is 0. The number of β-lactam (4-membered cyclic amide) rings is 1. The molecule has 4 N–H and O–H groups in total. The van der Waals surface area contributed by atoms with Gasteiger partial charge < -0.3 is 25.7 Å². The third-order valence-corrected chi connectivity index (χ3v) is 8.62. The number of nitrogens with one attached hydrogen (secondary N) is 2. The molecule has 2 fully saturated rings. The maximum absolute atomic E-state index is 12.6. The highest BCUT2D eigenvalue weighted by atomic mass is 32.2. The molecule has 0 aliphatic carbocycles. The Morgan fingerprint density at radius 2 is 2.03 bits per heavy atom. The SMILES string of the molecule is CCc1ccc(/C=C/CNC(=O)[C@@H]2C[C@H](SC3=C(C(=O)O)N4C(=O)[C@H]([C@@H](C)O)C4[C@H]3C)CN2)cc1. The summed E-state index contributed by atoms with van der Waals surface area (Å²) in [6, 6.07) is 7.63. The summed E-state index contributed by atoms with van der Waals surface area (Å²) in [5.74, 6) is -2.29. The molecule has 1 aromatic rings. The molecular weight excluding hydrogens is 466 g/mol. The fourth-order valence-electron chi connectivity index (χ4n) is 5.19. The van der Waals surface area contributed by atoms with Crippen molar-refractivity contribution in [3.63, 3.8) is 0 Å². The third kappa shape index (κ3) is 5.03. The van der Waals surface area contributed by atoms with E-state index in [9.17, 15) is 24.6 Å². The predicted molar refractivity (Wildman–Crippen MR) is 135 cm³/mol. The quantitative estimate of drug-likeness (QED) is 0.384. The summed E-state index contributed by atoms with van der Waals surface area (Å²) in [4.78, 5) is 39.1. The second-order valence-corrected chi connectivity index (χ2v) is 10.8. The van der Waals surface area contributed by atoms with E-state index in [4.69, 9.17) is 0 Å². The molecule has 35 heavy (non-hydrogen) atoms. The van der Waals surface area contributed by atoms with Crippen molar-refractivity contribution in [3.05, 3.63) is 52.1 Å². The van der Waals surface area contributed by atoms with Gasteiger partial charge in [0.1, 0.15) is 5.70 Å². The van der Waals surface area contributed by atoms with Gasteiger partial charge in [0, 0.05) is 29.2 Å². The summed E-state index contributed by atoms with van der Waals surface area (Å²) in [5.41, 5.74) is 2.40. The van der Waals surface area contributed by atoms with Crippen LogP contribution in [-0.4, -0.2) is 69.4 Å². The molecule has 0 spiro atoms. The zero-order valence-corrected chi connectivity index (χ0v) is 21.0. The Hall–Kier alpha value is -2.62. The Balaban J connectivity index is 1.31. The monoisotopic (exact) mass is 499 g/mol. The standard InChI is InChI=1S/C26H33N3O5S/c1-4-16-7-9-17(10-8-16)6-5-11-27-24(31)19-12-18(13-28-19)35-23-14(2)21-20(15(3)30)25(32)29(21)22(23)26(33)34/h5-10,14-15,18-21,28,30H,4,11-13H2,1-3H3,(H,27,31)(H,33,34)/b6-5+/t14-,15-,18+,19+,20-,21?/m1/s1. The number of nitrogens with zero attached hydrogens (tertiary/aromatic N) is 1. The number of amides is 2. The van der Waals surface area contributed by atoms with E-state index < -0.39 is 18.0 Å². The number of aliphatic hydroxyl groups is 1. The normalized spacial score (nSPS) is 28.9. The first-order chi connectivity index (χ1) is 16.7. The number of aryl methyl sites for hydroxylation is 1. The van der Waals surface area contributed by atoms with Gasteiger partial charge in [-0.25, -0.2) is 4.79 Å². The van der Waals surface area contributed by atoms with Crippen molar-refractivity contribution in [1.82, 2.24) is 15.5 Å². The molecule has 3 aliphatic heterocycles. The van der Waals surface area contributed by atoms with Gasteiger partial charge >= 0.3 is 5.97 Å². The summed E-state index contributed by atoms with van der Waals surface area (Å²) in [6.07, 6.45) is 4.65. The van der Waals surface area contributed by atoms with Gasteiger partial charge in [0.05, 0.1) is 24.1 Å². The van der Waals surface area contributed by atoms with E-state index in [1.807, 2.05) is 19.1 Å². The summed E-state index contributed by atoms with van der Waals surface area (Å²) in [6.45, 7) is 6.59. The van der Waals surface area contributed by atoms with Crippen molar-refractivity contribution >= 4 is 35.6 Å². The molecule has 8 nitrogen and oxygen atoms in total. The molecule has 2 saturated heterocycles. The van der Waals surface area contributed by atoms with Gasteiger partial charge in [0.15, 0.2) is 0 Å². The number of thioether (sulfide) groups is 1. The number of carbonyl (C=O) groups is 3. The average Bonchev–Trinajstić information content (AvgIpc) is 3.39. The Morgan fingerprint density at radius 3 is 2.66 bits per heavy atom. The number of hydrogen-bond acceptors (Lipinski definition) is 6. The van der Waals surface area contributed by atoms with Gasteiger partial charge in [-0.3, -0.25) is 9.59 Å². The fraction of sp³-hybridized carbons (Fsp3) is 0.500. The van der Waals surface area contributed by atoms with Crippen LogP contribution in [0.15, 0.2) is 40.9 Å². The van der Waals surface area contributed by atoms with Crippen LogP contribution in [0.3, 0.4) is 0 Å². The van der Waals surface area contributed by atoms with Crippen molar-refractivity contribution in [2.75, 3.05) is 13.1 Å². The summed E-state index contributed by atoms with van der Waals surface area (Å²) in [5, 5.41) is 26.0. The largest absolute Gasteiger partial charge is 0.477 e. The molecule has 188 valence electrons. The number of aliphatic hydroxyl groups excluding tert-OH is 1. The van der Waals surface area contributed by atoms with E-state index in [0.29, 0.717) is 24.4 Å². The highest BCUT2D eigenvalue weighted by Crippen LogP contribution is 2.51. The molecule has 0 radical (unpaired) electrons. The van der Waals surface area contributed by atoms with E-state index in [1.54, 1.807) is 6.92 Å². The lowest BCUT2D eigenvalue weighted by atomic mass is 9.79. The topological polar surface area (TPSA) is 119 Å². The minimum atomic E-state index is -1.13. The Labute approximate surface area is 209 Å². The second-order valence-electron chi connectivity index (χ2n) is 9.45. The first-order valence-corrected chi connectivity index (χ1v) is 13.0. The number of carbonyl (C=O) groups excluding carboxylic acids is 2. The second kappa shape index (κ2) is 10.6. The van der Waals surface area contributed by atoms with E-state index in [1.165, 1.54) is 22.2 Å². The van der Waals surface area contributed by atoms with Gasteiger partial charge in [0.2, 0.25) is 11.8 Å². The minimum absolute atomic E-state index is 0.0176. The van der Waals surface area contributed by atoms with Crippen LogP contribution in [0.2, 0.25) is 0 Å². The van der Waals surface area contributed by atoms with Crippen molar-refractivity contribution in [2.24, 2.45) is 11.8 Å². The Kier molecular flexibility index (Phi) is 7.68. The predicted octanol–water partition coefficient (Wildman–Crippen LogP) is 2.00. The number of hydrogen-bond donors (Lipinski definition) is 4. The lowest BCUT2D eigenvalue weighted by Crippen LogP contribution is -2.63. The summed E-state index contributed by atoms with van der Waals surface area (Å²) in [7, 11) is 0. The van der Waals surface area contributed by atoms with Crippen LogP contribution in [0, 0.1) is 11.8 Å². The van der Waals surface area contributed by atoms with Gasteiger partial charge in [-0.1, -0.05) is 50.3 Å². The van der Waals surface area contributed by atoms with Crippen LogP contribution < -0.4 is 10.6 Å². The molecule has 1 aromatic carbocycles. The van der Waals surface area contributed by atoms with Crippen LogP contribution in [0.25, 0.3) is 6.08 Å².